The Bertz CT molecular complexity index is 4310. The lowest BCUT2D eigenvalue weighted by atomic mass is 9.78. The Hall–Kier alpha value is -7.66. The van der Waals surface area contributed by atoms with Gasteiger partial charge in [-0.15, -0.1) is 0 Å². The zero-order valence-electron chi connectivity index (χ0n) is 77.5. The SMILES string of the molecule is CO[C@H]1C[C@@H]2CC[C@@H](C)[C@@](O)(O2)C(=O)C(=O)N2CCCC[C@H]2C(=O)O[C@H]([C@H](C)C[C@@H]2CC[C@@H](OC(=S)NCCOCCOCCOCCOCCOCCOCCOCCOCCC(=O)NCCS(=O)(=O)c3ccc(C(=O)N4CCOc5ccc(-c6ccc(N)nc6)cc5C4)c(C)c3F)[C@H](OC)C2)CC(O)[C@H](C)/C=C(\C)[C@@H](O)[C@@H](OC)C(=O)[C@H](C)C[C@H](C)/C=C/C=CC=C1C. The van der Waals surface area contributed by atoms with Gasteiger partial charge in [-0.2, -0.15) is 0 Å². The smallest absolute Gasteiger partial charge is 0.329 e. The molecular weight excluding hydrogens is 1720 g/mol. The molecular formula is C95H141FN6O26S2. The summed E-state index contributed by atoms with van der Waals surface area (Å²) in [6, 6.07) is 10.4. The van der Waals surface area contributed by atoms with Crippen molar-refractivity contribution in [1.29, 1.82) is 0 Å². The van der Waals surface area contributed by atoms with Gasteiger partial charge in [0.05, 0.1) is 142 Å². The van der Waals surface area contributed by atoms with Gasteiger partial charge in [0, 0.05) is 107 Å². The van der Waals surface area contributed by atoms with Crippen LogP contribution in [0.5, 0.6) is 5.75 Å². The quantitative estimate of drug-likeness (QED) is 0.0102. The average molecular weight is 1870 g/mol. The summed E-state index contributed by atoms with van der Waals surface area (Å²) >= 11 is 5.61. The number of aliphatic hydroxyl groups excluding tert-OH is 2. The number of pyridine rings is 1. The molecule has 32 nitrogen and oxygen atoms in total. The van der Waals surface area contributed by atoms with Gasteiger partial charge >= 0.3 is 5.97 Å². The molecule has 1 unspecified atom stereocenters. The molecule has 2 aromatic carbocycles. The van der Waals surface area contributed by atoms with Gasteiger partial charge < -0.3 is 113 Å². The number of piperidine rings is 1. The molecule has 5 heterocycles. The number of ketones is 2. The second-order valence-electron chi connectivity index (χ2n) is 34.3. The number of amides is 3. The molecule has 7 N–H and O–H groups in total. The number of sulfone groups is 1. The highest BCUT2D eigenvalue weighted by atomic mass is 32.2. The summed E-state index contributed by atoms with van der Waals surface area (Å²) in [7, 11) is 0.395. The van der Waals surface area contributed by atoms with Crippen LogP contribution in [-0.2, 0) is 107 Å². The van der Waals surface area contributed by atoms with Gasteiger partial charge in [-0.05, 0) is 174 Å². The number of hydrogen-bond acceptors (Lipinski definition) is 29. The van der Waals surface area contributed by atoms with Gasteiger partial charge in [0.2, 0.25) is 11.7 Å². The fourth-order valence-electron chi connectivity index (χ4n) is 16.7. The van der Waals surface area contributed by atoms with E-state index in [0.29, 0.717) is 174 Å². The Morgan fingerprint density at radius 1 is 0.708 bits per heavy atom. The topological polar surface area (TPSA) is 405 Å². The van der Waals surface area contributed by atoms with E-state index in [1.165, 1.54) is 29.9 Å². The number of carbonyl (C=O) groups is 6. The van der Waals surface area contributed by atoms with Crippen LogP contribution in [0.15, 0.2) is 101 Å². The van der Waals surface area contributed by atoms with Gasteiger partial charge in [0.25, 0.3) is 22.8 Å². The van der Waals surface area contributed by atoms with Crippen molar-refractivity contribution in [3.05, 3.63) is 119 Å². The van der Waals surface area contributed by atoms with E-state index in [1.54, 1.807) is 53.3 Å². The number of nitrogens with two attached hydrogens (primary N) is 1. The number of thiocarbonyl (C=S) groups is 1. The molecule has 2 saturated heterocycles. The molecule has 1 aromatic heterocycles. The van der Waals surface area contributed by atoms with Crippen LogP contribution in [0.4, 0.5) is 10.2 Å². The number of anilines is 1. The van der Waals surface area contributed by atoms with Gasteiger partial charge in [-0.3, -0.25) is 24.0 Å². The highest BCUT2D eigenvalue weighted by Crippen LogP contribution is 2.40. The van der Waals surface area contributed by atoms with Crippen LogP contribution in [0.25, 0.3) is 11.1 Å². The molecule has 3 aromatic rings. The first-order valence-corrected chi connectivity index (χ1v) is 47.7. The lowest BCUT2D eigenvalue weighted by Crippen LogP contribution is -2.61. The van der Waals surface area contributed by atoms with Crippen LogP contribution in [-0.4, -0.2) is 305 Å². The third kappa shape index (κ3) is 33.8. The van der Waals surface area contributed by atoms with E-state index in [1.807, 2.05) is 82.3 Å². The molecule has 5 aliphatic rings. The number of hydrogen-bond donors (Lipinski definition) is 6. The number of aromatic nitrogens is 1. The second-order valence-corrected chi connectivity index (χ2v) is 36.8. The number of nitrogens with zero attached hydrogens (tertiary/aromatic N) is 3. The maximum absolute atomic E-state index is 15.8. The number of allylic oxidation sites excluding steroid dienone is 5. The number of Topliss-reactive ketones (excluding diaryl/α,β-unsaturated/α-hetero) is 2. The number of carbonyl (C=O) groups excluding carboxylic acids is 6. The van der Waals surface area contributed by atoms with Crippen molar-refractivity contribution < 1.29 is 128 Å². The zero-order valence-corrected chi connectivity index (χ0v) is 79.2. The number of nitrogens with one attached hydrogen (secondary N) is 2. The number of fused-ring (bicyclic) bond motifs is 4. The summed E-state index contributed by atoms with van der Waals surface area (Å²) in [4.78, 5) is 90.4. The zero-order chi connectivity index (χ0) is 94.3. The van der Waals surface area contributed by atoms with Gasteiger partial charge in [0.1, 0.15) is 59.3 Å². The van der Waals surface area contributed by atoms with Crippen LogP contribution in [0.1, 0.15) is 153 Å². The normalized spacial score (nSPS) is 26.5. The number of methoxy groups -OCH3 is 3. The Kier molecular flexibility index (Phi) is 46.3. The molecule has 3 amide bonds. The third-order valence-electron chi connectivity index (χ3n) is 24.5. The van der Waals surface area contributed by atoms with Gasteiger partial charge in [-0.1, -0.05) is 77.1 Å². The highest BCUT2D eigenvalue weighted by Gasteiger charge is 2.53. The maximum atomic E-state index is 15.8. The summed E-state index contributed by atoms with van der Waals surface area (Å²) in [5, 5.41) is 41.8. The van der Waals surface area contributed by atoms with Crippen LogP contribution in [0.3, 0.4) is 0 Å². The molecule has 0 radical (unpaired) electrons. The molecule has 2 bridgehead atoms. The fourth-order valence-corrected chi connectivity index (χ4v) is 18.3. The van der Waals surface area contributed by atoms with Crippen LogP contribution < -0.4 is 21.1 Å². The third-order valence-corrected chi connectivity index (χ3v) is 26.5. The fraction of sp³-hybridized carbons (Fsp3) is 0.663. The molecule has 1 saturated carbocycles. The van der Waals surface area contributed by atoms with E-state index >= 15 is 4.39 Å². The molecule has 35 heteroatoms. The highest BCUT2D eigenvalue weighted by molar-refractivity contribution is 7.91. The largest absolute Gasteiger partial charge is 0.491 e. The van der Waals surface area contributed by atoms with Crippen LogP contribution >= 0.6 is 12.2 Å². The molecule has 4 aliphatic heterocycles. The first kappa shape index (κ1) is 108. The number of aliphatic hydroxyl groups is 3. The summed E-state index contributed by atoms with van der Waals surface area (Å²) in [6.07, 6.45) is 11.9. The van der Waals surface area contributed by atoms with E-state index in [-0.39, 0.29) is 124 Å². The minimum absolute atomic E-state index is 0.00588. The van der Waals surface area contributed by atoms with Crippen molar-refractivity contribution in [3.63, 3.8) is 0 Å². The van der Waals surface area contributed by atoms with E-state index in [0.717, 1.165) is 28.3 Å². The number of cyclic esters (lactones) is 1. The summed E-state index contributed by atoms with van der Waals surface area (Å²) in [5.41, 5.74) is 9.36. The number of halogens is 1. The summed E-state index contributed by atoms with van der Waals surface area (Å²) in [5.74, 6) is -9.29. The molecule has 1 aliphatic carbocycles. The molecule has 0 spiro atoms. The Labute approximate surface area is 771 Å². The Morgan fingerprint density at radius 2 is 1.35 bits per heavy atom. The second kappa shape index (κ2) is 55.9. The minimum Gasteiger partial charge on any atom is -0.491 e. The number of benzene rings is 2. The predicted molar refractivity (Wildman–Crippen MR) is 487 cm³/mol. The first-order valence-electron chi connectivity index (χ1n) is 45.6. The lowest BCUT2D eigenvalue weighted by Gasteiger charge is -2.43. The van der Waals surface area contributed by atoms with E-state index in [2.05, 4.69) is 15.6 Å². The molecule has 726 valence electrons. The maximum Gasteiger partial charge on any atom is 0.329 e. The number of esters is 1. The molecule has 130 heavy (non-hydrogen) atoms. The minimum atomic E-state index is -4.19. The first-order chi connectivity index (χ1) is 62.4. The van der Waals surface area contributed by atoms with E-state index < -0.39 is 122 Å². The van der Waals surface area contributed by atoms with Crippen LogP contribution in [0.2, 0.25) is 0 Å². The van der Waals surface area contributed by atoms with Gasteiger partial charge in [0.15, 0.2) is 15.6 Å². The van der Waals surface area contributed by atoms with E-state index in [9.17, 15) is 52.5 Å². The van der Waals surface area contributed by atoms with E-state index in [4.69, 9.17) is 89.0 Å². The Morgan fingerprint density at radius 3 is 1.98 bits per heavy atom. The van der Waals surface area contributed by atoms with Crippen molar-refractivity contribution in [1.82, 2.24) is 25.4 Å². The van der Waals surface area contributed by atoms with Crippen molar-refractivity contribution in [2.24, 2.45) is 35.5 Å². The van der Waals surface area contributed by atoms with Crippen molar-refractivity contribution in [3.8, 4) is 16.9 Å². The summed E-state index contributed by atoms with van der Waals surface area (Å²) < 4.78 is 130. The summed E-state index contributed by atoms with van der Waals surface area (Å²) in [6.45, 7) is 20.2. The monoisotopic (exact) mass is 1860 g/mol. The predicted octanol–water partition coefficient (Wildman–Crippen LogP) is 9.11. The lowest BCUT2D eigenvalue weighted by molar-refractivity contribution is -0.265. The molecule has 16 atom stereocenters. The van der Waals surface area contributed by atoms with Crippen LogP contribution in [0, 0.1) is 48.2 Å². The Balaban J connectivity index is 0.645. The average Bonchev–Trinajstić information content (AvgIpc) is 1.28. The van der Waals surface area contributed by atoms with Crippen molar-refractivity contribution in [2.45, 2.75) is 211 Å². The van der Waals surface area contributed by atoms with Crippen molar-refractivity contribution >= 4 is 68.3 Å². The number of rotatable bonds is 40. The van der Waals surface area contributed by atoms with Gasteiger partial charge in [-0.25, -0.2) is 22.6 Å². The standard InChI is InChI=1S/C95H141FN6O26S2/c1-62-17-13-12-14-18-63(2)80(114-9)58-74-24-20-68(7)95(111,128-74)90(107)92(109)102-33-16-15-19-76(102)93(110)126-81(59-77(103)64(3)54-67(6)88(106)89(116-11)87(105)66(5)53-62)65(4)55-70-21-26-79(82(56-70)115-10)127-94(129)99-31-36-118-39-41-120-43-45-122-47-49-124-51-50-123-48-46-121-44-42-119-40-38-117-35-30-85(104)98-32-52-130(112,113)83-28-25-75(69(8)86(83)96)91(108)101-34-37-125-78-27-22-71(57-73(78)61-101)72-23-29-84(97)100-60-72/h12-14,17-18,22-23,25,27-29,54,57,60,62,64-66,68,70,74,76-77,79-82,88-89,103,106,111H,15-16,19-21,24,26,30-53,55-56,58-59,61H2,1-11H3,(H2,97,100)(H,98,104)(H,99,129)/b14-12?,17-13+,63-18?,67-54+/t62-,64-,65-,66-,68-,70+,74+,76+,77?,79-,80+,81+,82-,88-,89+,95-/m1/s1. The van der Waals surface area contributed by atoms with Crippen molar-refractivity contribution in [2.75, 3.05) is 171 Å². The number of ether oxygens (including phenoxy) is 15. The number of nitrogen functional groups attached to an aromatic ring is 1. The molecule has 3 fully saturated rings. The molecule has 8 rings (SSSR count).